The van der Waals surface area contributed by atoms with E-state index in [1.807, 2.05) is 24.3 Å². The Hall–Kier alpha value is -4.79. The van der Waals surface area contributed by atoms with Gasteiger partial charge in [-0.2, -0.15) is 4.98 Å². The van der Waals surface area contributed by atoms with Gasteiger partial charge in [-0.3, -0.25) is 19.7 Å². The molecule has 6 N–H and O–H groups in total. The lowest BCUT2D eigenvalue weighted by Gasteiger charge is -2.20. The van der Waals surface area contributed by atoms with Gasteiger partial charge in [0.15, 0.2) is 0 Å². The van der Waals surface area contributed by atoms with E-state index in [1.54, 1.807) is 50.4 Å². The number of benzene rings is 2. The number of carboxylic acid groups (broad SMARTS) is 2. The van der Waals surface area contributed by atoms with Crippen molar-refractivity contribution in [2.75, 3.05) is 19.0 Å². The maximum absolute atomic E-state index is 13.4. The van der Waals surface area contributed by atoms with Crippen molar-refractivity contribution in [1.82, 2.24) is 20.6 Å². The average molecular weight is 753 g/mol. The molecule has 2 heterocycles. The number of aliphatic carboxylic acids is 2. The van der Waals surface area contributed by atoms with Crippen LogP contribution in [-0.4, -0.2) is 68.4 Å². The number of fused-ring (bicyclic) bond motifs is 1. The van der Waals surface area contributed by atoms with Crippen LogP contribution in [0.4, 0.5) is 5.82 Å². The number of anilines is 1. The van der Waals surface area contributed by atoms with Crippen LogP contribution in [-0.2, 0) is 29.1 Å². The van der Waals surface area contributed by atoms with E-state index in [0.717, 1.165) is 22.3 Å². The first-order valence-electron chi connectivity index (χ1n) is 16.4. The van der Waals surface area contributed by atoms with Crippen molar-refractivity contribution in [2.45, 2.75) is 63.9 Å². The van der Waals surface area contributed by atoms with Crippen LogP contribution in [0.25, 0.3) is 11.1 Å². The second kappa shape index (κ2) is 16.7. The Kier molecular flexibility index (Phi) is 12.3. The van der Waals surface area contributed by atoms with E-state index in [0.29, 0.717) is 29.8 Å². The minimum atomic E-state index is -1.10. The summed E-state index contributed by atoms with van der Waals surface area (Å²) < 4.78 is 11.8. The standard InChI is InChI=1S/C37H39Cl2N5O8/c1-37(2,36(49)50)42-17-20-10-13-30(41-16-20)43-33(48)27-9-5-8-26(32(27)39)23-6-4-7-25-24(23)11-12-29(25)52-35-28(38)14-21(34(44-35)51-3)18-40-19-22(45)15-31(46)47/h4-10,13-14,16,22,29,40,42,45H,11-12,15,17-19H2,1-3H3,(H,46,47)(H,49,50)(H,41,43,48)/t22-,29-/m0/s1. The molecule has 0 aliphatic heterocycles. The first-order valence-corrected chi connectivity index (χ1v) is 17.2. The van der Waals surface area contributed by atoms with Gasteiger partial charge >= 0.3 is 11.9 Å². The smallest absolute Gasteiger partial charge is 0.323 e. The Bertz CT molecular complexity index is 1960. The third kappa shape index (κ3) is 9.16. The molecule has 0 radical (unpaired) electrons. The van der Waals surface area contributed by atoms with Crippen LogP contribution in [0, 0.1) is 0 Å². The molecule has 0 unspecified atom stereocenters. The number of aliphatic hydroxyl groups excluding tert-OH is 1. The van der Waals surface area contributed by atoms with Gasteiger partial charge in [0.05, 0.1) is 30.2 Å². The van der Waals surface area contributed by atoms with Gasteiger partial charge in [0.2, 0.25) is 11.8 Å². The van der Waals surface area contributed by atoms with Crippen LogP contribution >= 0.6 is 23.2 Å². The Balaban J connectivity index is 1.28. The molecule has 2 atom stereocenters. The summed E-state index contributed by atoms with van der Waals surface area (Å²) in [4.78, 5) is 44.3. The van der Waals surface area contributed by atoms with E-state index in [4.69, 9.17) is 37.8 Å². The molecule has 1 amide bonds. The third-order valence-electron chi connectivity index (χ3n) is 8.62. The van der Waals surface area contributed by atoms with Gasteiger partial charge in [-0.25, -0.2) is 4.98 Å². The van der Waals surface area contributed by atoms with Crippen molar-refractivity contribution < 1.29 is 39.2 Å². The number of methoxy groups -OCH3 is 1. The summed E-state index contributed by atoms with van der Waals surface area (Å²) in [5.41, 5.74) is 4.03. The minimum Gasteiger partial charge on any atom is -0.481 e. The molecule has 15 heteroatoms. The van der Waals surface area contributed by atoms with Gasteiger partial charge < -0.3 is 35.4 Å². The molecule has 0 bridgehead atoms. The van der Waals surface area contributed by atoms with Crippen LogP contribution < -0.4 is 25.4 Å². The highest BCUT2D eigenvalue weighted by atomic mass is 35.5. The summed E-state index contributed by atoms with van der Waals surface area (Å²) in [6, 6.07) is 16.1. The van der Waals surface area contributed by atoms with E-state index >= 15 is 0 Å². The summed E-state index contributed by atoms with van der Waals surface area (Å²) in [7, 11) is 1.47. The number of rotatable bonds is 16. The summed E-state index contributed by atoms with van der Waals surface area (Å²) in [5, 5.41) is 37.3. The molecule has 2 aromatic heterocycles. The Morgan fingerprint density at radius 2 is 1.77 bits per heavy atom. The Labute approximate surface area is 310 Å². The predicted octanol–water partition coefficient (Wildman–Crippen LogP) is 5.66. The number of pyridine rings is 2. The van der Waals surface area contributed by atoms with Crippen molar-refractivity contribution in [3.05, 3.63) is 98.7 Å². The van der Waals surface area contributed by atoms with E-state index < -0.39 is 29.5 Å². The number of ether oxygens (including phenoxy) is 2. The number of hydrogen-bond donors (Lipinski definition) is 6. The van der Waals surface area contributed by atoms with Crippen molar-refractivity contribution in [3.8, 4) is 22.9 Å². The maximum atomic E-state index is 13.4. The quantitative estimate of drug-likeness (QED) is 0.0825. The topological polar surface area (TPSA) is 192 Å². The second-order valence-corrected chi connectivity index (χ2v) is 13.6. The lowest BCUT2D eigenvalue weighted by atomic mass is 9.95. The molecule has 0 spiro atoms. The number of carboxylic acids is 2. The van der Waals surface area contributed by atoms with Crippen LogP contribution in [0.5, 0.6) is 11.8 Å². The molecule has 0 fully saturated rings. The number of amides is 1. The number of carbonyl (C=O) groups is 3. The zero-order valence-electron chi connectivity index (χ0n) is 28.7. The number of carbonyl (C=O) groups excluding carboxylic acids is 1. The molecule has 13 nitrogen and oxygen atoms in total. The van der Waals surface area contributed by atoms with Crippen molar-refractivity contribution in [2.24, 2.45) is 0 Å². The number of aliphatic hydroxyl groups is 1. The predicted molar refractivity (Wildman–Crippen MR) is 195 cm³/mol. The number of nitrogens with one attached hydrogen (secondary N) is 3. The van der Waals surface area contributed by atoms with E-state index in [-0.39, 0.29) is 59.5 Å². The number of halogens is 2. The van der Waals surface area contributed by atoms with Gasteiger partial charge in [0, 0.05) is 37.0 Å². The van der Waals surface area contributed by atoms with Gasteiger partial charge in [-0.15, -0.1) is 0 Å². The third-order valence-corrected chi connectivity index (χ3v) is 9.30. The number of nitrogens with zero attached hydrogens (tertiary/aromatic N) is 2. The number of hydrogen-bond acceptors (Lipinski definition) is 10. The number of aromatic nitrogens is 2. The molecule has 274 valence electrons. The highest BCUT2D eigenvalue weighted by molar-refractivity contribution is 6.37. The van der Waals surface area contributed by atoms with E-state index in [9.17, 15) is 24.6 Å². The molecule has 2 aromatic carbocycles. The summed E-state index contributed by atoms with van der Waals surface area (Å²) in [6.45, 7) is 3.72. The summed E-state index contributed by atoms with van der Waals surface area (Å²) in [5.74, 6) is -1.71. The average Bonchev–Trinajstić information content (AvgIpc) is 3.51. The van der Waals surface area contributed by atoms with Crippen LogP contribution in [0.1, 0.15) is 65.4 Å². The fourth-order valence-corrected chi connectivity index (χ4v) is 6.29. The van der Waals surface area contributed by atoms with Crippen LogP contribution in [0.15, 0.2) is 60.8 Å². The molecular weight excluding hydrogens is 713 g/mol. The second-order valence-electron chi connectivity index (χ2n) is 12.8. The fourth-order valence-electron chi connectivity index (χ4n) is 5.75. The highest BCUT2D eigenvalue weighted by Gasteiger charge is 2.30. The SMILES string of the molecule is COc1nc(O[C@H]2CCc3c(-c4cccc(C(=O)Nc5ccc(CNC(C)(C)C(=O)O)cn5)c4Cl)cccc32)c(Cl)cc1CNC[C@@H](O)CC(=O)O. The van der Waals surface area contributed by atoms with Crippen LogP contribution in [0.2, 0.25) is 10.0 Å². The molecule has 5 rings (SSSR count). The zero-order valence-corrected chi connectivity index (χ0v) is 30.2. The lowest BCUT2D eigenvalue weighted by Crippen LogP contribution is -2.46. The molecule has 1 aliphatic carbocycles. The molecule has 0 saturated heterocycles. The van der Waals surface area contributed by atoms with E-state index in [1.165, 1.54) is 7.11 Å². The van der Waals surface area contributed by atoms with Crippen molar-refractivity contribution >= 4 is 46.9 Å². The molecule has 1 aliphatic rings. The lowest BCUT2D eigenvalue weighted by molar-refractivity contribution is -0.143. The normalized spacial score (nSPS) is 14.4. The first kappa shape index (κ1) is 38.4. The van der Waals surface area contributed by atoms with Gasteiger partial charge in [-0.05, 0) is 67.1 Å². The van der Waals surface area contributed by atoms with Gasteiger partial charge in [-0.1, -0.05) is 59.6 Å². The molecule has 0 saturated carbocycles. The molecule has 4 aromatic rings. The molecular formula is C37H39Cl2N5O8. The monoisotopic (exact) mass is 751 g/mol. The first-order chi connectivity index (χ1) is 24.8. The maximum Gasteiger partial charge on any atom is 0.323 e. The zero-order chi connectivity index (χ0) is 37.6. The highest BCUT2D eigenvalue weighted by Crippen LogP contribution is 2.43. The fraction of sp³-hybridized carbons (Fsp3) is 0.324. The van der Waals surface area contributed by atoms with E-state index in [2.05, 4.69) is 25.9 Å². The summed E-state index contributed by atoms with van der Waals surface area (Å²) in [6.07, 6.45) is 1.08. The minimum absolute atomic E-state index is 0.0604. The molecule has 52 heavy (non-hydrogen) atoms. The van der Waals surface area contributed by atoms with Crippen LogP contribution in [0.3, 0.4) is 0 Å². The Morgan fingerprint density at radius 3 is 2.46 bits per heavy atom. The van der Waals surface area contributed by atoms with Gasteiger partial charge in [0.1, 0.15) is 22.5 Å². The summed E-state index contributed by atoms with van der Waals surface area (Å²) >= 11 is 13.5. The van der Waals surface area contributed by atoms with Gasteiger partial charge in [0.25, 0.3) is 5.91 Å². The van der Waals surface area contributed by atoms with Crippen molar-refractivity contribution in [1.29, 1.82) is 0 Å². The largest absolute Gasteiger partial charge is 0.481 e. The van der Waals surface area contributed by atoms with Crippen molar-refractivity contribution in [3.63, 3.8) is 0 Å². The Morgan fingerprint density at radius 1 is 1.02 bits per heavy atom.